The molecule has 0 aliphatic carbocycles. The fourth-order valence-corrected chi connectivity index (χ4v) is 5.19. The largest absolute Gasteiger partial charge is 0.488 e. The number of carboxylic acid groups (broad SMARTS) is 2. The minimum Gasteiger partial charge on any atom is -0.488 e. The predicted octanol–water partition coefficient (Wildman–Crippen LogP) is 8.62. The number of alkyl halides is 3. The zero-order valence-electron chi connectivity index (χ0n) is 23.1. The summed E-state index contributed by atoms with van der Waals surface area (Å²) in [6.07, 6.45) is 2.44. The molecule has 0 amide bonds. The molecule has 43 heavy (non-hydrogen) atoms. The lowest BCUT2D eigenvalue weighted by atomic mass is 9.92. The van der Waals surface area contributed by atoms with E-state index in [-0.39, 0.29) is 30.2 Å². The van der Waals surface area contributed by atoms with Crippen LogP contribution in [0.5, 0.6) is 5.75 Å². The maximum atomic E-state index is 12.9. The molecule has 1 heterocycles. The molecule has 10 heteroatoms. The van der Waals surface area contributed by atoms with Gasteiger partial charge in [0, 0.05) is 22.9 Å². The van der Waals surface area contributed by atoms with Crippen LogP contribution in [0.25, 0.3) is 17.3 Å². The molecule has 1 unspecified atom stereocenters. The molecule has 1 atom stereocenters. The average molecular weight is 610 g/mol. The highest BCUT2D eigenvalue weighted by Crippen LogP contribution is 2.34. The zero-order chi connectivity index (χ0) is 30.8. The molecule has 2 N–H and O–H groups in total. The number of para-hydroxylation sites is 1. The highest BCUT2D eigenvalue weighted by Gasteiger charge is 2.34. The quantitative estimate of drug-likeness (QED) is 0.139. The molecule has 224 valence electrons. The second-order valence-electron chi connectivity index (χ2n) is 10.0. The second-order valence-corrected chi connectivity index (χ2v) is 10.9. The molecule has 3 aromatic carbocycles. The molecule has 0 spiro atoms. The van der Waals surface area contributed by atoms with E-state index >= 15 is 0 Å². The minimum absolute atomic E-state index is 0.0913. The Kier molecular flexibility index (Phi) is 10.7. The molecule has 0 bridgehead atoms. The van der Waals surface area contributed by atoms with Crippen LogP contribution in [-0.2, 0) is 24.0 Å². The highest BCUT2D eigenvalue weighted by molar-refractivity contribution is 7.10. The summed E-state index contributed by atoms with van der Waals surface area (Å²) in [6, 6.07) is 21.3. The Bertz CT molecular complexity index is 1550. The first kappa shape index (κ1) is 31.5. The lowest BCUT2D eigenvalue weighted by Crippen LogP contribution is -2.04. The number of aliphatic carboxylic acids is 1. The Morgan fingerprint density at radius 1 is 0.930 bits per heavy atom. The monoisotopic (exact) mass is 609 g/mol. The number of benzene rings is 3. The summed E-state index contributed by atoms with van der Waals surface area (Å²) in [4.78, 5) is 25.8. The molecule has 0 saturated carbocycles. The Morgan fingerprint density at radius 2 is 1.63 bits per heavy atom. The molecule has 6 nitrogen and oxygen atoms in total. The number of allylic oxidation sites excluding steroid dienone is 1. The lowest BCUT2D eigenvalue weighted by molar-refractivity contribution is -0.138. The van der Waals surface area contributed by atoms with E-state index in [2.05, 4.69) is 11.1 Å². The number of carboxylic acids is 2. The van der Waals surface area contributed by atoms with E-state index in [0.29, 0.717) is 35.5 Å². The fourth-order valence-electron chi connectivity index (χ4n) is 4.49. The molecule has 4 rings (SSSR count). The Morgan fingerprint density at radius 3 is 2.28 bits per heavy atom. The van der Waals surface area contributed by atoms with E-state index in [1.165, 1.54) is 5.38 Å². The van der Waals surface area contributed by atoms with Gasteiger partial charge in [-0.25, -0.2) is 9.78 Å². The summed E-state index contributed by atoms with van der Waals surface area (Å²) in [6.45, 7) is 0.255. The predicted molar refractivity (Wildman–Crippen MR) is 159 cm³/mol. The number of hydrogen-bond acceptors (Lipinski definition) is 5. The maximum absolute atomic E-state index is 12.9. The minimum atomic E-state index is -4.47. The van der Waals surface area contributed by atoms with Gasteiger partial charge >= 0.3 is 18.1 Å². The van der Waals surface area contributed by atoms with E-state index in [1.54, 1.807) is 48.5 Å². The van der Waals surface area contributed by atoms with Gasteiger partial charge in [-0.15, -0.1) is 11.3 Å². The number of carbonyl (C=O) groups is 2. The van der Waals surface area contributed by atoms with Crippen molar-refractivity contribution in [2.24, 2.45) is 5.92 Å². The highest BCUT2D eigenvalue weighted by atomic mass is 32.1. The number of ether oxygens (including phenoxy) is 1. The van der Waals surface area contributed by atoms with Crippen molar-refractivity contribution in [3.63, 3.8) is 0 Å². The standard InChI is InChI=1S/C33H30F3NO5S/c34-33(35,36)32-37-28(21-43-32)25-14-12-24(13-15-25)20-42-29-7-3-2-6-26(29)16-9-22(5-1-4-8-30(38)39)19-23-10-17-27(18-11-23)31(40)41/h2-3,6-7,9-18,21-22H,1,4-5,8,19-20H2,(H,38,39)(H,40,41)/b16-9+. The van der Waals surface area contributed by atoms with Crippen LogP contribution < -0.4 is 4.74 Å². The lowest BCUT2D eigenvalue weighted by Gasteiger charge is -2.14. The fraction of sp³-hybridized carbons (Fsp3) is 0.242. The number of thiazole rings is 1. The van der Waals surface area contributed by atoms with Gasteiger partial charge in [0.05, 0.1) is 11.3 Å². The van der Waals surface area contributed by atoms with Gasteiger partial charge in [0.1, 0.15) is 12.4 Å². The van der Waals surface area contributed by atoms with Gasteiger partial charge in [-0.1, -0.05) is 73.2 Å². The van der Waals surface area contributed by atoms with Crippen LogP contribution in [0.2, 0.25) is 0 Å². The third-order valence-corrected chi connectivity index (χ3v) is 7.66. The summed E-state index contributed by atoms with van der Waals surface area (Å²) < 4.78 is 44.8. The number of aromatic carboxylic acids is 1. The molecule has 0 saturated heterocycles. The number of unbranched alkanes of at least 4 members (excludes halogenated alkanes) is 1. The van der Waals surface area contributed by atoms with Crippen molar-refractivity contribution in [3.8, 4) is 17.0 Å². The smallest absolute Gasteiger partial charge is 0.443 e. The summed E-state index contributed by atoms with van der Waals surface area (Å²) in [5.41, 5.74) is 3.77. The van der Waals surface area contributed by atoms with E-state index < -0.39 is 23.1 Å². The number of nitrogens with zero attached hydrogens (tertiary/aromatic N) is 1. The first-order valence-corrected chi connectivity index (χ1v) is 14.5. The topological polar surface area (TPSA) is 96.7 Å². The summed E-state index contributed by atoms with van der Waals surface area (Å²) >= 11 is 0.567. The van der Waals surface area contributed by atoms with Crippen LogP contribution in [0, 0.1) is 5.92 Å². The third-order valence-electron chi connectivity index (χ3n) is 6.77. The third kappa shape index (κ3) is 9.54. The van der Waals surface area contributed by atoms with Crippen molar-refractivity contribution < 1.29 is 37.7 Å². The molecule has 1 aromatic heterocycles. The van der Waals surface area contributed by atoms with Gasteiger partial charge in [0.2, 0.25) is 0 Å². The Balaban J connectivity index is 1.42. The second kappa shape index (κ2) is 14.6. The van der Waals surface area contributed by atoms with Crippen LogP contribution in [-0.4, -0.2) is 27.1 Å². The van der Waals surface area contributed by atoms with Crippen LogP contribution in [0.4, 0.5) is 13.2 Å². The molecule has 0 fully saturated rings. The molecule has 0 radical (unpaired) electrons. The van der Waals surface area contributed by atoms with Crippen LogP contribution >= 0.6 is 11.3 Å². The van der Waals surface area contributed by atoms with E-state index in [1.807, 2.05) is 30.3 Å². The van der Waals surface area contributed by atoms with Gasteiger partial charge in [-0.05, 0) is 54.5 Å². The number of hydrogen-bond donors (Lipinski definition) is 2. The Hall–Kier alpha value is -4.44. The number of halogens is 3. The van der Waals surface area contributed by atoms with Gasteiger partial charge in [-0.2, -0.15) is 13.2 Å². The van der Waals surface area contributed by atoms with E-state index in [4.69, 9.17) is 9.84 Å². The SMILES string of the molecule is O=C(O)CCCCC(/C=C/c1ccccc1OCc1ccc(-c2csc(C(F)(F)F)n2)cc1)Cc1ccc(C(=O)O)cc1. The van der Waals surface area contributed by atoms with E-state index in [9.17, 15) is 27.9 Å². The normalized spacial score (nSPS) is 12.3. The number of rotatable bonds is 14. The van der Waals surface area contributed by atoms with Gasteiger partial charge in [0.15, 0.2) is 5.01 Å². The van der Waals surface area contributed by atoms with Crippen LogP contribution in [0.3, 0.4) is 0 Å². The molecule has 0 aliphatic rings. The van der Waals surface area contributed by atoms with E-state index in [0.717, 1.165) is 29.5 Å². The molecular weight excluding hydrogens is 579 g/mol. The summed E-state index contributed by atoms with van der Waals surface area (Å²) in [5, 5.41) is 18.7. The molecule has 0 aliphatic heterocycles. The van der Waals surface area contributed by atoms with Crippen molar-refractivity contribution in [2.45, 2.75) is 44.9 Å². The first-order chi connectivity index (χ1) is 20.6. The van der Waals surface area contributed by atoms with Gasteiger partial charge < -0.3 is 14.9 Å². The Labute approximate surface area is 251 Å². The van der Waals surface area contributed by atoms with Gasteiger partial charge in [0.25, 0.3) is 0 Å². The van der Waals surface area contributed by atoms with Crippen LogP contribution in [0.15, 0.2) is 84.3 Å². The molecular formula is C33H30F3NO5S. The zero-order valence-corrected chi connectivity index (χ0v) is 23.9. The first-order valence-electron chi connectivity index (χ1n) is 13.6. The van der Waals surface area contributed by atoms with Crippen LogP contribution in [0.1, 0.15) is 57.7 Å². The average Bonchev–Trinajstić information content (AvgIpc) is 3.49. The van der Waals surface area contributed by atoms with Crippen molar-refractivity contribution in [2.75, 3.05) is 0 Å². The summed E-state index contributed by atoms with van der Waals surface area (Å²) in [5.74, 6) is -1.06. The van der Waals surface area contributed by atoms with Crippen molar-refractivity contribution >= 4 is 29.4 Å². The van der Waals surface area contributed by atoms with Gasteiger partial charge in [-0.3, -0.25) is 4.79 Å². The van der Waals surface area contributed by atoms with Crippen molar-refractivity contribution in [1.29, 1.82) is 0 Å². The number of aromatic nitrogens is 1. The van der Waals surface area contributed by atoms with Crippen molar-refractivity contribution in [1.82, 2.24) is 4.98 Å². The summed E-state index contributed by atoms with van der Waals surface area (Å²) in [7, 11) is 0. The molecule has 4 aromatic rings. The van der Waals surface area contributed by atoms with Crippen molar-refractivity contribution in [3.05, 3.63) is 112 Å². The maximum Gasteiger partial charge on any atom is 0.443 e.